The molecule has 1 aliphatic rings. The van der Waals surface area contributed by atoms with Crippen molar-refractivity contribution in [1.82, 2.24) is 24.8 Å². The van der Waals surface area contributed by atoms with Gasteiger partial charge in [0.15, 0.2) is 0 Å². The largest absolute Gasteiger partial charge is 0.353 e. The minimum atomic E-state index is -0.681. The first kappa shape index (κ1) is 17.7. The Hall–Kier alpha value is -3.75. The van der Waals surface area contributed by atoms with Gasteiger partial charge in [-0.2, -0.15) is 0 Å². The number of carbonyl (C=O) groups excluding carboxylic acids is 1. The van der Waals surface area contributed by atoms with Crippen LogP contribution in [0.1, 0.15) is 10.4 Å². The van der Waals surface area contributed by atoms with E-state index in [0.29, 0.717) is 26.2 Å². The van der Waals surface area contributed by atoms with Gasteiger partial charge in [-0.1, -0.05) is 30.3 Å². The number of aromatic nitrogens is 4. The van der Waals surface area contributed by atoms with Gasteiger partial charge >= 0.3 is 5.69 Å². The van der Waals surface area contributed by atoms with Crippen molar-refractivity contribution in [3.63, 3.8) is 0 Å². The second kappa shape index (κ2) is 7.47. The minimum Gasteiger partial charge on any atom is -0.353 e. The van der Waals surface area contributed by atoms with Crippen LogP contribution in [0.25, 0.3) is 11.3 Å². The number of rotatable bonds is 3. The Bertz CT molecular complexity index is 1100. The van der Waals surface area contributed by atoms with Gasteiger partial charge in [0.2, 0.25) is 0 Å². The summed E-state index contributed by atoms with van der Waals surface area (Å²) in [5, 5.41) is 0. The van der Waals surface area contributed by atoms with E-state index in [0.717, 1.165) is 23.3 Å². The average Bonchev–Trinajstić information content (AvgIpc) is 2.74. The Kier molecular flexibility index (Phi) is 4.71. The van der Waals surface area contributed by atoms with Crippen LogP contribution in [0.5, 0.6) is 0 Å². The normalized spacial score (nSPS) is 14.1. The monoisotopic (exact) mass is 378 g/mol. The maximum Gasteiger partial charge on any atom is 0.325 e. The van der Waals surface area contributed by atoms with Crippen LogP contribution in [-0.2, 0) is 0 Å². The van der Waals surface area contributed by atoms with E-state index in [-0.39, 0.29) is 5.56 Å². The molecule has 2 aromatic heterocycles. The van der Waals surface area contributed by atoms with E-state index in [1.165, 1.54) is 6.33 Å². The molecule has 0 radical (unpaired) electrons. The first-order chi connectivity index (χ1) is 13.6. The average molecular weight is 378 g/mol. The van der Waals surface area contributed by atoms with Crippen molar-refractivity contribution < 1.29 is 4.79 Å². The summed E-state index contributed by atoms with van der Waals surface area (Å²) in [5.74, 6) is 0.396. The van der Waals surface area contributed by atoms with Crippen molar-refractivity contribution in [2.75, 3.05) is 31.1 Å². The van der Waals surface area contributed by atoms with Gasteiger partial charge in [0.25, 0.3) is 11.5 Å². The molecule has 0 saturated carbocycles. The fourth-order valence-corrected chi connectivity index (χ4v) is 3.16. The highest BCUT2D eigenvalue weighted by molar-refractivity contribution is 5.93. The molecule has 142 valence electrons. The highest BCUT2D eigenvalue weighted by atomic mass is 16.2. The number of aromatic amines is 2. The van der Waals surface area contributed by atoms with Gasteiger partial charge in [0.05, 0.1) is 5.69 Å². The lowest BCUT2D eigenvalue weighted by Crippen LogP contribution is -2.50. The number of carbonyl (C=O) groups is 1. The van der Waals surface area contributed by atoms with E-state index in [1.54, 1.807) is 4.90 Å². The van der Waals surface area contributed by atoms with Crippen LogP contribution < -0.4 is 16.1 Å². The van der Waals surface area contributed by atoms with Crippen LogP contribution in [0.3, 0.4) is 0 Å². The van der Waals surface area contributed by atoms with E-state index in [2.05, 4.69) is 24.8 Å². The lowest BCUT2D eigenvalue weighted by Gasteiger charge is -2.35. The molecule has 4 rings (SSSR count). The van der Waals surface area contributed by atoms with Crippen LogP contribution in [0.2, 0.25) is 0 Å². The molecule has 3 aromatic rings. The molecule has 0 unspecified atom stereocenters. The van der Waals surface area contributed by atoms with Crippen molar-refractivity contribution in [3.05, 3.63) is 75.3 Å². The van der Waals surface area contributed by atoms with Crippen molar-refractivity contribution in [2.45, 2.75) is 0 Å². The van der Waals surface area contributed by atoms with Crippen LogP contribution in [0, 0.1) is 0 Å². The third-order valence-electron chi connectivity index (χ3n) is 4.66. The zero-order valence-electron chi connectivity index (χ0n) is 15.0. The number of hydrogen-bond donors (Lipinski definition) is 2. The summed E-state index contributed by atoms with van der Waals surface area (Å²) in [6, 6.07) is 11.8. The van der Waals surface area contributed by atoms with Crippen LogP contribution in [-0.4, -0.2) is 56.9 Å². The predicted octanol–water partition coefficient (Wildman–Crippen LogP) is 0.483. The Labute approximate surface area is 159 Å². The van der Waals surface area contributed by atoms with Crippen LogP contribution in [0.4, 0.5) is 5.82 Å². The van der Waals surface area contributed by atoms with E-state index < -0.39 is 17.2 Å². The van der Waals surface area contributed by atoms with Gasteiger partial charge in [0.1, 0.15) is 17.7 Å². The number of piperazine rings is 1. The maximum atomic E-state index is 12.6. The number of anilines is 1. The molecule has 28 heavy (non-hydrogen) atoms. The minimum absolute atomic E-state index is 0.0681. The van der Waals surface area contributed by atoms with Gasteiger partial charge in [-0.3, -0.25) is 14.6 Å². The quantitative estimate of drug-likeness (QED) is 0.685. The first-order valence-electron chi connectivity index (χ1n) is 8.85. The second-order valence-electron chi connectivity index (χ2n) is 6.39. The Balaban J connectivity index is 1.46. The SMILES string of the molecule is O=C(c1c[nH]c(=O)[nH]c1=O)N1CCN(c2cc(-c3ccccc3)ncn2)CC1. The van der Waals surface area contributed by atoms with Gasteiger partial charge in [0, 0.05) is 44.0 Å². The molecule has 1 fully saturated rings. The highest BCUT2D eigenvalue weighted by Crippen LogP contribution is 2.21. The van der Waals surface area contributed by atoms with Gasteiger partial charge in [-0.25, -0.2) is 14.8 Å². The third-order valence-corrected chi connectivity index (χ3v) is 4.66. The molecule has 0 bridgehead atoms. The molecule has 0 spiro atoms. The molecule has 1 aromatic carbocycles. The number of nitrogens with one attached hydrogen (secondary N) is 2. The molecule has 1 amide bonds. The zero-order chi connectivity index (χ0) is 19.5. The van der Waals surface area contributed by atoms with Crippen LogP contribution >= 0.6 is 0 Å². The van der Waals surface area contributed by atoms with E-state index >= 15 is 0 Å². The number of H-pyrrole nitrogens is 2. The number of nitrogens with zero attached hydrogens (tertiary/aromatic N) is 4. The predicted molar refractivity (Wildman–Crippen MR) is 103 cm³/mol. The lowest BCUT2D eigenvalue weighted by molar-refractivity contribution is 0.0744. The standard InChI is InChI=1S/C19H18N6O3/c26-17-14(11-20-19(28)23-17)18(27)25-8-6-24(7-9-25)16-10-15(21-12-22-16)13-4-2-1-3-5-13/h1-5,10-12H,6-9H2,(H2,20,23,26,28). The summed E-state index contributed by atoms with van der Waals surface area (Å²) in [7, 11) is 0. The topological polar surface area (TPSA) is 115 Å². The van der Waals surface area contributed by atoms with Gasteiger partial charge in [-0.15, -0.1) is 0 Å². The summed E-state index contributed by atoms with van der Waals surface area (Å²) in [5.41, 5.74) is 0.464. The maximum absolute atomic E-state index is 12.6. The molecule has 3 heterocycles. The molecule has 1 aliphatic heterocycles. The first-order valence-corrected chi connectivity index (χ1v) is 8.85. The Morgan fingerprint density at radius 3 is 2.46 bits per heavy atom. The summed E-state index contributed by atoms with van der Waals surface area (Å²) in [6.07, 6.45) is 2.70. The molecule has 9 nitrogen and oxygen atoms in total. The molecule has 9 heteroatoms. The zero-order valence-corrected chi connectivity index (χ0v) is 15.0. The lowest BCUT2D eigenvalue weighted by atomic mass is 10.1. The second-order valence-corrected chi connectivity index (χ2v) is 6.39. The summed E-state index contributed by atoms with van der Waals surface area (Å²) in [6.45, 7) is 2.06. The number of amides is 1. The van der Waals surface area contributed by atoms with Crippen molar-refractivity contribution in [3.8, 4) is 11.3 Å². The molecular weight excluding hydrogens is 360 g/mol. The van der Waals surface area contributed by atoms with Crippen molar-refractivity contribution in [1.29, 1.82) is 0 Å². The number of hydrogen-bond acceptors (Lipinski definition) is 6. The Morgan fingerprint density at radius 2 is 1.75 bits per heavy atom. The number of benzene rings is 1. The van der Waals surface area contributed by atoms with E-state index in [9.17, 15) is 14.4 Å². The summed E-state index contributed by atoms with van der Waals surface area (Å²) in [4.78, 5) is 52.3. The Morgan fingerprint density at radius 1 is 1.00 bits per heavy atom. The van der Waals surface area contributed by atoms with Gasteiger partial charge in [-0.05, 0) is 0 Å². The molecule has 1 saturated heterocycles. The summed E-state index contributed by atoms with van der Waals surface area (Å²) >= 11 is 0. The molecule has 0 aliphatic carbocycles. The highest BCUT2D eigenvalue weighted by Gasteiger charge is 2.25. The fourth-order valence-electron chi connectivity index (χ4n) is 3.16. The van der Waals surface area contributed by atoms with E-state index in [4.69, 9.17) is 0 Å². The molecule has 2 N–H and O–H groups in total. The molecular formula is C19H18N6O3. The van der Waals surface area contributed by atoms with Crippen molar-refractivity contribution in [2.24, 2.45) is 0 Å². The molecule has 0 atom stereocenters. The van der Waals surface area contributed by atoms with E-state index in [1.807, 2.05) is 36.4 Å². The van der Waals surface area contributed by atoms with Gasteiger partial charge < -0.3 is 14.8 Å². The fraction of sp³-hybridized carbons (Fsp3) is 0.211. The van der Waals surface area contributed by atoms with Crippen LogP contribution in [0.15, 0.2) is 58.5 Å². The smallest absolute Gasteiger partial charge is 0.325 e. The van der Waals surface area contributed by atoms with Crippen molar-refractivity contribution >= 4 is 11.7 Å². The summed E-state index contributed by atoms with van der Waals surface area (Å²) < 4.78 is 0. The third kappa shape index (κ3) is 3.54.